The maximum absolute atomic E-state index is 12.1. The van der Waals surface area contributed by atoms with Gasteiger partial charge >= 0.3 is 0 Å². The van der Waals surface area contributed by atoms with Crippen molar-refractivity contribution >= 4 is 23.4 Å². The summed E-state index contributed by atoms with van der Waals surface area (Å²) in [5.41, 5.74) is 0.668. The van der Waals surface area contributed by atoms with E-state index in [2.05, 4.69) is 11.4 Å². The summed E-state index contributed by atoms with van der Waals surface area (Å²) in [6, 6.07) is 16.5. The second kappa shape index (κ2) is 8.71. The number of thioether (sulfide) groups is 1. The van der Waals surface area contributed by atoms with Crippen molar-refractivity contribution in [2.24, 2.45) is 0 Å². The number of hydrogen-bond donors (Lipinski definition) is 1. The first-order chi connectivity index (χ1) is 11.2. The van der Waals surface area contributed by atoms with E-state index in [1.165, 1.54) is 11.8 Å². The largest absolute Gasteiger partial charge is 0.493 e. The van der Waals surface area contributed by atoms with E-state index in [1.807, 2.05) is 30.3 Å². The average molecular weight is 328 g/mol. The molecule has 0 aliphatic rings. The number of methoxy groups -OCH3 is 1. The summed E-state index contributed by atoms with van der Waals surface area (Å²) in [6.07, 6.45) is 0. The summed E-state index contributed by atoms with van der Waals surface area (Å²) in [4.78, 5) is 12.9. The van der Waals surface area contributed by atoms with E-state index >= 15 is 0 Å². The Balaban J connectivity index is 1.96. The van der Waals surface area contributed by atoms with Crippen LogP contribution in [0.3, 0.4) is 0 Å². The monoisotopic (exact) mass is 328 g/mol. The Morgan fingerprint density at radius 1 is 1.17 bits per heavy atom. The van der Waals surface area contributed by atoms with Crippen molar-refractivity contribution in [2.75, 3.05) is 24.8 Å². The molecule has 0 saturated heterocycles. The van der Waals surface area contributed by atoms with Crippen LogP contribution in [-0.2, 0) is 4.79 Å². The summed E-state index contributed by atoms with van der Waals surface area (Å²) >= 11 is 1.37. The fourth-order valence-electron chi connectivity index (χ4n) is 1.87. The molecular formula is C17H16N2O3S. The SMILES string of the molecule is COc1ccccc1OCC(=O)Nc1ccccc1SCC#N. The minimum atomic E-state index is -0.277. The van der Waals surface area contributed by atoms with Gasteiger partial charge in [-0.05, 0) is 24.3 Å². The smallest absolute Gasteiger partial charge is 0.262 e. The van der Waals surface area contributed by atoms with Gasteiger partial charge in [0.25, 0.3) is 5.91 Å². The minimum absolute atomic E-state index is 0.127. The second-order valence-electron chi connectivity index (χ2n) is 4.43. The lowest BCUT2D eigenvalue weighted by Crippen LogP contribution is -2.20. The van der Waals surface area contributed by atoms with Gasteiger partial charge in [-0.2, -0.15) is 5.26 Å². The maximum Gasteiger partial charge on any atom is 0.262 e. The van der Waals surface area contributed by atoms with Crippen LogP contribution in [-0.4, -0.2) is 25.4 Å². The number of para-hydroxylation sites is 3. The second-order valence-corrected chi connectivity index (χ2v) is 5.45. The quantitative estimate of drug-likeness (QED) is 0.789. The number of anilines is 1. The van der Waals surface area contributed by atoms with Crippen LogP contribution in [0.1, 0.15) is 0 Å². The molecule has 0 radical (unpaired) electrons. The van der Waals surface area contributed by atoms with Crippen molar-refractivity contribution in [2.45, 2.75) is 4.90 Å². The number of carbonyl (C=O) groups is 1. The van der Waals surface area contributed by atoms with Gasteiger partial charge in [0, 0.05) is 4.90 Å². The van der Waals surface area contributed by atoms with E-state index in [-0.39, 0.29) is 12.5 Å². The molecular weight excluding hydrogens is 312 g/mol. The zero-order chi connectivity index (χ0) is 16.5. The van der Waals surface area contributed by atoms with Crippen LogP contribution >= 0.6 is 11.8 Å². The first-order valence-electron chi connectivity index (χ1n) is 6.89. The molecule has 2 rings (SSSR count). The molecule has 23 heavy (non-hydrogen) atoms. The van der Waals surface area contributed by atoms with Gasteiger partial charge in [-0.15, -0.1) is 11.8 Å². The highest BCUT2D eigenvalue weighted by Gasteiger charge is 2.09. The molecule has 0 aliphatic heterocycles. The van der Waals surface area contributed by atoms with Crippen LogP contribution < -0.4 is 14.8 Å². The van der Waals surface area contributed by atoms with Gasteiger partial charge < -0.3 is 14.8 Å². The molecule has 6 heteroatoms. The highest BCUT2D eigenvalue weighted by molar-refractivity contribution is 7.99. The van der Waals surface area contributed by atoms with Gasteiger partial charge in [0.1, 0.15) is 0 Å². The number of nitrogens with zero attached hydrogens (tertiary/aromatic N) is 1. The Labute approximate surface area is 139 Å². The molecule has 1 amide bonds. The van der Waals surface area contributed by atoms with Crippen LogP contribution in [0.4, 0.5) is 5.69 Å². The van der Waals surface area contributed by atoms with E-state index in [0.717, 1.165) is 4.90 Å². The lowest BCUT2D eigenvalue weighted by Gasteiger charge is -2.12. The van der Waals surface area contributed by atoms with Gasteiger partial charge in [0.15, 0.2) is 18.1 Å². The summed E-state index contributed by atoms with van der Waals surface area (Å²) in [7, 11) is 1.55. The minimum Gasteiger partial charge on any atom is -0.493 e. The molecule has 0 saturated carbocycles. The third-order valence-corrected chi connectivity index (χ3v) is 3.82. The standard InChI is InChI=1S/C17H16N2O3S/c1-21-14-7-3-4-8-15(14)22-12-17(20)19-13-6-2-5-9-16(13)23-11-10-18/h2-9H,11-12H2,1H3,(H,19,20). The number of amides is 1. The first-order valence-corrected chi connectivity index (χ1v) is 7.87. The van der Waals surface area contributed by atoms with Crippen LogP contribution in [0.25, 0.3) is 0 Å². The summed E-state index contributed by atoms with van der Waals surface area (Å²) < 4.78 is 10.7. The number of nitrogens with one attached hydrogen (secondary N) is 1. The predicted molar refractivity (Wildman–Crippen MR) is 89.9 cm³/mol. The zero-order valence-corrected chi connectivity index (χ0v) is 13.4. The van der Waals surface area contributed by atoms with Crippen LogP contribution in [0.15, 0.2) is 53.4 Å². The molecule has 2 aromatic rings. The molecule has 0 aromatic heterocycles. The fraction of sp³-hybridized carbons (Fsp3) is 0.176. The van der Waals surface area contributed by atoms with Crippen molar-refractivity contribution in [1.82, 2.24) is 0 Å². The van der Waals surface area contributed by atoms with E-state index in [4.69, 9.17) is 14.7 Å². The first kappa shape index (κ1) is 16.7. The van der Waals surface area contributed by atoms with Gasteiger partial charge in [-0.1, -0.05) is 24.3 Å². The molecule has 0 spiro atoms. The van der Waals surface area contributed by atoms with Crippen LogP contribution in [0.2, 0.25) is 0 Å². The van der Waals surface area contributed by atoms with Crippen molar-refractivity contribution < 1.29 is 14.3 Å². The molecule has 1 N–H and O–H groups in total. The molecule has 0 unspecified atom stereocenters. The molecule has 0 fully saturated rings. The number of hydrogen-bond acceptors (Lipinski definition) is 5. The highest BCUT2D eigenvalue weighted by Crippen LogP contribution is 2.27. The molecule has 0 bridgehead atoms. The van der Waals surface area contributed by atoms with E-state index in [9.17, 15) is 4.79 Å². The van der Waals surface area contributed by atoms with Crippen molar-refractivity contribution in [3.05, 3.63) is 48.5 Å². The third-order valence-electron chi connectivity index (χ3n) is 2.88. The van der Waals surface area contributed by atoms with Crippen LogP contribution in [0, 0.1) is 11.3 Å². The van der Waals surface area contributed by atoms with Gasteiger partial charge in [0.2, 0.25) is 0 Å². The maximum atomic E-state index is 12.1. The Bertz CT molecular complexity index is 713. The van der Waals surface area contributed by atoms with Crippen molar-refractivity contribution in [3.63, 3.8) is 0 Å². The lowest BCUT2D eigenvalue weighted by molar-refractivity contribution is -0.118. The van der Waals surface area contributed by atoms with Gasteiger partial charge in [-0.3, -0.25) is 4.79 Å². The number of rotatable bonds is 7. The van der Waals surface area contributed by atoms with Crippen LogP contribution in [0.5, 0.6) is 11.5 Å². The Kier molecular flexibility index (Phi) is 6.33. The summed E-state index contributed by atoms with van der Waals surface area (Å²) in [5.74, 6) is 1.13. The molecule has 0 heterocycles. The van der Waals surface area contributed by atoms with E-state index in [0.29, 0.717) is 22.9 Å². The number of benzene rings is 2. The molecule has 118 valence electrons. The normalized spacial score (nSPS) is 9.74. The Hall–Kier alpha value is -2.65. The number of nitriles is 1. The van der Waals surface area contributed by atoms with E-state index < -0.39 is 0 Å². The Morgan fingerprint density at radius 2 is 1.87 bits per heavy atom. The molecule has 2 aromatic carbocycles. The average Bonchev–Trinajstić information content (AvgIpc) is 2.59. The summed E-state index contributed by atoms with van der Waals surface area (Å²) in [6.45, 7) is -0.127. The summed E-state index contributed by atoms with van der Waals surface area (Å²) in [5, 5.41) is 11.5. The Morgan fingerprint density at radius 3 is 2.61 bits per heavy atom. The predicted octanol–water partition coefficient (Wildman–Crippen LogP) is 3.33. The van der Waals surface area contributed by atoms with Crippen molar-refractivity contribution in [3.8, 4) is 17.6 Å². The zero-order valence-electron chi connectivity index (χ0n) is 12.6. The van der Waals surface area contributed by atoms with Crippen molar-refractivity contribution in [1.29, 1.82) is 5.26 Å². The van der Waals surface area contributed by atoms with Gasteiger partial charge in [0.05, 0.1) is 24.6 Å². The number of carbonyl (C=O) groups excluding carboxylic acids is 1. The lowest BCUT2D eigenvalue weighted by atomic mass is 10.3. The van der Waals surface area contributed by atoms with Gasteiger partial charge in [-0.25, -0.2) is 0 Å². The number of ether oxygens (including phenoxy) is 2. The topological polar surface area (TPSA) is 71.3 Å². The third kappa shape index (κ3) is 4.94. The molecule has 0 atom stereocenters. The fourth-order valence-corrected chi connectivity index (χ4v) is 2.54. The molecule has 5 nitrogen and oxygen atoms in total. The molecule has 0 aliphatic carbocycles. The van der Waals surface area contributed by atoms with E-state index in [1.54, 1.807) is 25.3 Å². The highest BCUT2D eigenvalue weighted by atomic mass is 32.2.